The van der Waals surface area contributed by atoms with Gasteiger partial charge in [0.2, 0.25) is 5.91 Å². The summed E-state index contributed by atoms with van der Waals surface area (Å²) in [5.41, 5.74) is 3.31. The number of hydrogen-bond acceptors (Lipinski definition) is 3. The number of nitrogens with zero attached hydrogens (tertiary/aromatic N) is 3. The number of likely N-dealkylation sites (N-methyl/N-ethyl adjacent to an activating group) is 1. The summed E-state index contributed by atoms with van der Waals surface area (Å²) < 4.78 is 0. The Bertz CT molecular complexity index is 718. The molecule has 4 nitrogen and oxygen atoms in total. The monoisotopic (exact) mass is 263 g/mol. The summed E-state index contributed by atoms with van der Waals surface area (Å²) in [6.45, 7) is 0.280. The summed E-state index contributed by atoms with van der Waals surface area (Å²) >= 11 is 0. The lowest BCUT2D eigenvalue weighted by atomic mass is 10.1. The van der Waals surface area contributed by atoms with E-state index >= 15 is 0 Å². The van der Waals surface area contributed by atoms with Crippen molar-refractivity contribution in [1.29, 1.82) is 5.26 Å². The van der Waals surface area contributed by atoms with E-state index in [1.807, 2.05) is 41.3 Å². The molecular weight excluding hydrogens is 250 g/mol. The van der Waals surface area contributed by atoms with Crippen molar-refractivity contribution < 1.29 is 4.79 Å². The molecule has 98 valence electrons. The molecule has 1 amide bonds. The van der Waals surface area contributed by atoms with Gasteiger partial charge in [0.1, 0.15) is 6.54 Å². The lowest BCUT2D eigenvalue weighted by molar-refractivity contribution is -0.117. The lowest BCUT2D eigenvalue weighted by Gasteiger charge is -2.35. The maximum Gasteiger partial charge on any atom is 0.246 e. The quantitative estimate of drug-likeness (QED) is 0.794. The Morgan fingerprint density at radius 3 is 2.60 bits per heavy atom. The Labute approximate surface area is 117 Å². The fourth-order valence-electron chi connectivity index (χ4n) is 2.41. The normalized spacial score (nSPS) is 13.9. The molecule has 0 fully saturated rings. The number of para-hydroxylation sites is 2. The number of anilines is 3. The molecule has 0 unspecified atom stereocenters. The van der Waals surface area contributed by atoms with Crippen molar-refractivity contribution in [3.63, 3.8) is 0 Å². The van der Waals surface area contributed by atoms with Crippen LogP contribution in [-0.4, -0.2) is 19.5 Å². The second kappa shape index (κ2) is 4.71. The zero-order valence-electron chi connectivity index (χ0n) is 11.1. The van der Waals surface area contributed by atoms with Crippen LogP contribution in [0.3, 0.4) is 0 Å². The van der Waals surface area contributed by atoms with Gasteiger partial charge in [-0.1, -0.05) is 18.2 Å². The number of nitriles is 1. The minimum absolute atomic E-state index is 0.0334. The van der Waals surface area contributed by atoms with Crippen molar-refractivity contribution in [3.05, 3.63) is 54.1 Å². The highest BCUT2D eigenvalue weighted by atomic mass is 16.2. The van der Waals surface area contributed by atoms with E-state index in [1.54, 1.807) is 24.1 Å². The van der Waals surface area contributed by atoms with Gasteiger partial charge in [-0.05, 0) is 30.3 Å². The van der Waals surface area contributed by atoms with Crippen LogP contribution in [0.2, 0.25) is 0 Å². The van der Waals surface area contributed by atoms with Gasteiger partial charge in [-0.3, -0.25) is 4.79 Å². The number of fused-ring (bicyclic) bond motifs is 1. The van der Waals surface area contributed by atoms with E-state index in [0.29, 0.717) is 5.56 Å². The van der Waals surface area contributed by atoms with Gasteiger partial charge in [-0.25, -0.2) is 0 Å². The molecule has 0 spiro atoms. The third kappa shape index (κ3) is 1.90. The van der Waals surface area contributed by atoms with Crippen molar-refractivity contribution in [3.8, 4) is 6.07 Å². The molecule has 1 aliphatic heterocycles. The molecule has 0 radical (unpaired) electrons. The van der Waals surface area contributed by atoms with E-state index in [1.165, 1.54) is 0 Å². The lowest BCUT2D eigenvalue weighted by Crippen LogP contribution is -2.41. The molecule has 0 bridgehead atoms. The third-order valence-corrected chi connectivity index (χ3v) is 3.49. The van der Waals surface area contributed by atoms with Crippen LogP contribution in [0.5, 0.6) is 0 Å². The molecule has 20 heavy (non-hydrogen) atoms. The van der Waals surface area contributed by atoms with Crippen molar-refractivity contribution in [2.75, 3.05) is 23.4 Å². The Balaban J connectivity index is 2.13. The van der Waals surface area contributed by atoms with E-state index in [2.05, 4.69) is 6.07 Å². The van der Waals surface area contributed by atoms with Crippen molar-refractivity contribution >= 4 is 23.0 Å². The SMILES string of the molecule is CN1C(=O)CN(c2cccc(C#N)c2)c2ccccc21. The van der Waals surface area contributed by atoms with Crippen LogP contribution in [0, 0.1) is 11.3 Å². The predicted molar refractivity (Wildman–Crippen MR) is 78.0 cm³/mol. The van der Waals surface area contributed by atoms with Gasteiger partial charge in [0.25, 0.3) is 0 Å². The molecule has 3 rings (SSSR count). The standard InChI is InChI=1S/C16H13N3O/c1-18-14-7-2-3-8-15(14)19(11-16(18)20)13-6-4-5-12(9-13)10-17/h2-9H,11H2,1H3. The molecule has 0 saturated heterocycles. The highest BCUT2D eigenvalue weighted by Gasteiger charge is 2.27. The molecule has 0 aliphatic carbocycles. The van der Waals surface area contributed by atoms with Crippen molar-refractivity contribution in [1.82, 2.24) is 0 Å². The predicted octanol–water partition coefficient (Wildman–Crippen LogP) is 2.67. The minimum Gasteiger partial charge on any atom is -0.330 e. The minimum atomic E-state index is 0.0334. The highest BCUT2D eigenvalue weighted by molar-refractivity contribution is 6.04. The summed E-state index contributed by atoms with van der Waals surface area (Å²) in [7, 11) is 1.78. The molecular formula is C16H13N3O. The average Bonchev–Trinajstić information content (AvgIpc) is 2.51. The topological polar surface area (TPSA) is 47.3 Å². The largest absolute Gasteiger partial charge is 0.330 e. The van der Waals surface area contributed by atoms with Gasteiger partial charge in [-0.15, -0.1) is 0 Å². The van der Waals surface area contributed by atoms with Crippen LogP contribution < -0.4 is 9.80 Å². The van der Waals surface area contributed by atoms with E-state index < -0.39 is 0 Å². The Hall–Kier alpha value is -2.80. The van der Waals surface area contributed by atoms with Gasteiger partial charge < -0.3 is 9.80 Å². The molecule has 1 aliphatic rings. The highest BCUT2D eigenvalue weighted by Crippen LogP contribution is 2.37. The molecule has 0 saturated carbocycles. The smallest absolute Gasteiger partial charge is 0.246 e. The zero-order chi connectivity index (χ0) is 14.1. The molecule has 0 aromatic heterocycles. The van der Waals surface area contributed by atoms with Crippen LogP contribution in [0.25, 0.3) is 0 Å². The van der Waals surface area contributed by atoms with Crippen LogP contribution >= 0.6 is 0 Å². The molecule has 2 aromatic rings. The first-order valence-corrected chi connectivity index (χ1v) is 6.34. The summed E-state index contributed by atoms with van der Waals surface area (Å²) in [6, 6.07) is 17.2. The van der Waals surface area contributed by atoms with E-state index in [9.17, 15) is 4.79 Å². The summed E-state index contributed by atoms with van der Waals surface area (Å²) in [5, 5.41) is 9.01. The van der Waals surface area contributed by atoms with Crippen molar-refractivity contribution in [2.45, 2.75) is 0 Å². The maximum atomic E-state index is 12.1. The first kappa shape index (κ1) is 12.2. The molecule has 1 heterocycles. The molecule has 0 N–H and O–H groups in total. The van der Waals surface area contributed by atoms with Gasteiger partial charge >= 0.3 is 0 Å². The number of carbonyl (C=O) groups excluding carboxylic acids is 1. The van der Waals surface area contributed by atoms with Crippen LogP contribution in [-0.2, 0) is 4.79 Å². The fourth-order valence-corrected chi connectivity index (χ4v) is 2.41. The zero-order valence-corrected chi connectivity index (χ0v) is 11.1. The fraction of sp³-hybridized carbons (Fsp3) is 0.125. The molecule has 0 atom stereocenters. The Morgan fingerprint density at radius 1 is 1.10 bits per heavy atom. The van der Waals surface area contributed by atoms with Gasteiger partial charge in [0.15, 0.2) is 0 Å². The van der Waals surface area contributed by atoms with Gasteiger partial charge in [0, 0.05) is 12.7 Å². The van der Waals surface area contributed by atoms with E-state index in [0.717, 1.165) is 17.1 Å². The van der Waals surface area contributed by atoms with Crippen LogP contribution in [0.15, 0.2) is 48.5 Å². The van der Waals surface area contributed by atoms with Crippen LogP contribution in [0.1, 0.15) is 5.56 Å². The number of benzene rings is 2. The summed E-state index contributed by atoms with van der Waals surface area (Å²) in [6.07, 6.45) is 0. The summed E-state index contributed by atoms with van der Waals surface area (Å²) in [5.74, 6) is 0.0334. The molecule has 2 aromatic carbocycles. The number of carbonyl (C=O) groups is 1. The second-order valence-corrected chi connectivity index (χ2v) is 4.69. The molecule has 4 heteroatoms. The number of hydrogen-bond donors (Lipinski definition) is 0. The third-order valence-electron chi connectivity index (χ3n) is 3.49. The van der Waals surface area contributed by atoms with E-state index in [4.69, 9.17) is 5.26 Å². The van der Waals surface area contributed by atoms with Gasteiger partial charge in [0.05, 0.1) is 23.0 Å². The van der Waals surface area contributed by atoms with E-state index in [-0.39, 0.29) is 12.5 Å². The number of amides is 1. The Morgan fingerprint density at radius 2 is 1.85 bits per heavy atom. The van der Waals surface area contributed by atoms with Crippen LogP contribution in [0.4, 0.5) is 17.1 Å². The average molecular weight is 263 g/mol. The Kier molecular flexibility index (Phi) is 2.88. The summed E-state index contributed by atoms with van der Waals surface area (Å²) in [4.78, 5) is 15.7. The maximum absolute atomic E-state index is 12.1. The first-order chi connectivity index (χ1) is 9.70. The first-order valence-electron chi connectivity index (χ1n) is 6.34. The van der Waals surface area contributed by atoms with Crippen molar-refractivity contribution in [2.24, 2.45) is 0 Å². The number of rotatable bonds is 1. The second-order valence-electron chi connectivity index (χ2n) is 4.69. The van der Waals surface area contributed by atoms with Gasteiger partial charge in [-0.2, -0.15) is 5.26 Å².